The highest BCUT2D eigenvalue weighted by Crippen LogP contribution is 2.19. The number of hydrogen-bond acceptors (Lipinski definition) is 4. The third-order valence-electron chi connectivity index (χ3n) is 6.53. The van der Waals surface area contributed by atoms with Gasteiger partial charge in [0.05, 0.1) is 6.54 Å². The Kier molecular flexibility index (Phi) is 6.65. The molecule has 7 nitrogen and oxygen atoms in total. The molecule has 1 N–H and O–H groups in total. The third kappa shape index (κ3) is 5.16. The zero-order chi connectivity index (χ0) is 23.5. The number of nitrogens with zero attached hydrogens (tertiary/aromatic N) is 4. The van der Waals surface area contributed by atoms with Gasteiger partial charge in [0, 0.05) is 49.9 Å². The lowest BCUT2D eigenvalue weighted by molar-refractivity contribution is 0.0683. The summed E-state index contributed by atoms with van der Waals surface area (Å²) in [6, 6.07) is 19.7. The number of amides is 2. The van der Waals surface area contributed by atoms with E-state index < -0.39 is 0 Å². The van der Waals surface area contributed by atoms with Crippen LogP contribution in [0.1, 0.15) is 44.9 Å². The summed E-state index contributed by atoms with van der Waals surface area (Å²) in [7, 11) is 0. The molecule has 2 amide bonds. The maximum absolute atomic E-state index is 13.0. The normalized spacial score (nSPS) is 17.0. The Hall–Kier alpha value is -3.16. The zero-order valence-electron chi connectivity index (χ0n) is 19.0. The van der Waals surface area contributed by atoms with Gasteiger partial charge in [-0.2, -0.15) is 5.10 Å². The van der Waals surface area contributed by atoms with Crippen molar-refractivity contribution in [3.63, 3.8) is 0 Å². The summed E-state index contributed by atoms with van der Waals surface area (Å²) in [6.45, 7) is 4.40. The van der Waals surface area contributed by atoms with E-state index in [4.69, 9.17) is 11.6 Å². The molecule has 3 heterocycles. The first-order valence-electron chi connectivity index (χ1n) is 11.7. The van der Waals surface area contributed by atoms with Crippen LogP contribution in [0.5, 0.6) is 0 Å². The third-order valence-corrected chi connectivity index (χ3v) is 6.77. The number of halogens is 1. The summed E-state index contributed by atoms with van der Waals surface area (Å²) in [5, 5.41) is 8.19. The fourth-order valence-electron chi connectivity index (χ4n) is 4.69. The number of fused-ring (bicyclic) bond motifs is 1. The summed E-state index contributed by atoms with van der Waals surface area (Å²) in [6.07, 6.45) is 1.80. The smallest absolute Gasteiger partial charge is 0.272 e. The molecule has 2 aliphatic heterocycles. The minimum absolute atomic E-state index is 0.119. The summed E-state index contributed by atoms with van der Waals surface area (Å²) < 4.78 is 1.65. The van der Waals surface area contributed by atoms with E-state index in [1.165, 1.54) is 5.56 Å². The Balaban J connectivity index is 1.16. The number of rotatable bonds is 6. The Morgan fingerprint density at radius 2 is 1.71 bits per heavy atom. The lowest BCUT2D eigenvalue weighted by Gasteiger charge is -2.32. The molecule has 34 heavy (non-hydrogen) atoms. The van der Waals surface area contributed by atoms with Gasteiger partial charge < -0.3 is 10.2 Å². The minimum Gasteiger partial charge on any atom is -0.348 e. The summed E-state index contributed by atoms with van der Waals surface area (Å²) in [4.78, 5) is 30.1. The van der Waals surface area contributed by atoms with E-state index in [0.29, 0.717) is 36.0 Å². The van der Waals surface area contributed by atoms with E-state index in [0.717, 1.165) is 38.0 Å². The molecule has 0 saturated carbocycles. The predicted molar refractivity (Wildman–Crippen MR) is 131 cm³/mol. The molecule has 0 spiro atoms. The standard InChI is InChI=1S/C26H28ClN5O2/c27-21-8-4-7-20(15-21)18-31-13-14-32-24(26(31)34)16-23(29-32)25(33)28-22-9-11-30(12-10-22)17-19-5-2-1-3-6-19/h1-8,15-16,22H,9-14,17-18H2,(H,28,33). The van der Waals surface area contributed by atoms with Crippen molar-refractivity contribution in [2.75, 3.05) is 19.6 Å². The second kappa shape index (κ2) is 9.99. The van der Waals surface area contributed by atoms with Gasteiger partial charge in [-0.3, -0.25) is 19.2 Å². The van der Waals surface area contributed by atoms with Gasteiger partial charge in [-0.05, 0) is 36.1 Å². The van der Waals surface area contributed by atoms with Gasteiger partial charge in [0.25, 0.3) is 11.8 Å². The highest BCUT2D eigenvalue weighted by Gasteiger charge is 2.29. The second-order valence-electron chi connectivity index (χ2n) is 9.00. The van der Waals surface area contributed by atoms with Crippen molar-refractivity contribution in [3.05, 3.63) is 88.2 Å². The van der Waals surface area contributed by atoms with Crippen LogP contribution >= 0.6 is 11.6 Å². The number of likely N-dealkylation sites (tertiary alicyclic amines) is 1. The second-order valence-corrected chi connectivity index (χ2v) is 9.44. The molecule has 8 heteroatoms. The van der Waals surface area contributed by atoms with E-state index in [1.54, 1.807) is 15.6 Å². The van der Waals surface area contributed by atoms with Crippen LogP contribution in [0.4, 0.5) is 0 Å². The van der Waals surface area contributed by atoms with E-state index in [9.17, 15) is 9.59 Å². The Labute approximate surface area is 204 Å². The number of carbonyl (C=O) groups is 2. The predicted octanol–water partition coefficient (Wildman–Crippen LogP) is 3.59. The number of nitrogens with one attached hydrogen (secondary N) is 1. The lowest BCUT2D eigenvalue weighted by Crippen LogP contribution is -2.44. The molecule has 0 bridgehead atoms. The number of carbonyl (C=O) groups excluding carboxylic acids is 2. The van der Waals surface area contributed by atoms with Crippen LogP contribution in [-0.2, 0) is 19.6 Å². The average Bonchev–Trinajstić information content (AvgIpc) is 3.28. The molecule has 1 aromatic heterocycles. The molecule has 176 valence electrons. The number of hydrogen-bond donors (Lipinski definition) is 1. The van der Waals surface area contributed by atoms with Crippen LogP contribution in [-0.4, -0.2) is 57.1 Å². The van der Waals surface area contributed by atoms with Crippen molar-refractivity contribution in [1.82, 2.24) is 24.9 Å². The molecule has 0 atom stereocenters. The molecular formula is C26H28ClN5O2. The van der Waals surface area contributed by atoms with Gasteiger partial charge in [-0.1, -0.05) is 54.1 Å². The van der Waals surface area contributed by atoms with Gasteiger partial charge in [-0.25, -0.2) is 0 Å². The topological polar surface area (TPSA) is 70.5 Å². The molecule has 0 aliphatic carbocycles. The van der Waals surface area contributed by atoms with E-state index >= 15 is 0 Å². The molecule has 5 rings (SSSR count). The van der Waals surface area contributed by atoms with Crippen LogP contribution in [0.2, 0.25) is 5.02 Å². The zero-order valence-corrected chi connectivity index (χ0v) is 19.7. The summed E-state index contributed by atoms with van der Waals surface area (Å²) >= 11 is 6.08. The van der Waals surface area contributed by atoms with Crippen LogP contribution < -0.4 is 5.32 Å². The molecule has 1 saturated heterocycles. The minimum atomic E-state index is -0.211. The maximum Gasteiger partial charge on any atom is 0.272 e. The summed E-state index contributed by atoms with van der Waals surface area (Å²) in [5.74, 6) is -0.329. The van der Waals surface area contributed by atoms with Gasteiger partial charge in [0.2, 0.25) is 0 Å². The first-order chi connectivity index (χ1) is 16.5. The maximum atomic E-state index is 13.0. The molecule has 3 aromatic rings. The monoisotopic (exact) mass is 477 g/mol. The molecule has 0 unspecified atom stereocenters. The van der Waals surface area contributed by atoms with Crippen LogP contribution in [0, 0.1) is 0 Å². The summed E-state index contributed by atoms with van der Waals surface area (Å²) in [5.41, 5.74) is 3.05. The van der Waals surface area contributed by atoms with Crippen molar-refractivity contribution in [3.8, 4) is 0 Å². The first kappa shape index (κ1) is 22.6. The van der Waals surface area contributed by atoms with Crippen molar-refractivity contribution in [1.29, 1.82) is 0 Å². The van der Waals surface area contributed by atoms with Crippen LogP contribution in [0.25, 0.3) is 0 Å². The van der Waals surface area contributed by atoms with E-state index in [1.807, 2.05) is 30.3 Å². The van der Waals surface area contributed by atoms with Gasteiger partial charge in [0.1, 0.15) is 5.69 Å². The van der Waals surface area contributed by atoms with E-state index in [-0.39, 0.29) is 17.9 Å². The molecule has 2 aromatic carbocycles. The molecule has 0 radical (unpaired) electrons. The van der Waals surface area contributed by atoms with Gasteiger partial charge in [-0.15, -0.1) is 0 Å². The first-order valence-corrected chi connectivity index (χ1v) is 12.1. The van der Waals surface area contributed by atoms with Crippen molar-refractivity contribution >= 4 is 23.4 Å². The molecule has 2 aliphatic rings. The largest absolute Gasteiger partial charge is 0.348 e. The highest BCUT2D eigenvalue weighted by atomic mass is 35.5. The fraction of sp³-hybridized carbons (Fsp3) is 0.346. The number of piperidine rings is 1. The fourth-order valence-corrected chi connectivity index (χ4v) is 4.91. The Morgan fingerprint density at radius 3 is 2.47 bits per heavy atom. The lowest BCUT2D eigenvalue weighted by atomic mass is 10.0. The van der Waals surface area contributed by atoms with Crippen molar-refractivity contribution in [2.24, 2.45) is 0 Å². The van der Waals surface area contributed by atoms with Crippen molar-refractivity contribution in [2.45, 2.75) is 38.5 Å². The van der Waals surface area contributed by atoms with Gasteiger partial charge in [0.15, 0.2) is 5.69 Å². The van der Waals surface area contributed by atoms with Crippen LogP contribution in [0.15, 0.2) is 60.7 Å². The Bertz CT molecular complexity index is 1170. The number of aromatic nitrogens is 2. The SMILES string of the molecule is O=C(NC1CCN(Cc2ccccc2)CC1)c1cc2n(n1)CCN(Cc1cccc(Cl)c1)C2=O. The van der Waals surface area contributed by atoms with Crippen LogP contribution in [0.3, 0.4) is 0 Å². The van der Waals surface area contributed by atoms with E-state index in [2.05, 4.69) is 39.6 Å². The van der Waals surface area contributed by atoms with Gasteiger partial charge >= 0.3 is 0 Å². The Morgan fingerprint density at radius 1 is 0.941 bits per heavy atom. The van der Waals surface area contributed by atoms with Crippen molar-refractivity contribution < 1.29 is 9.59 Å². The highest BCUT2D eigenvalue weighted by molar-refractivity contribution is 6.30. The average molecular weight is 478 g/mol. The quantitative estimate of drug-likeness (QED) is 0.589. The number of benzene rings is 2. The molecule has 1 fully saturated rings. The molecular weight excluding hydrogens is 450 g/mol.